The van der Waals surface area contributed by atoms with Crippen LogP contribution in [-0.2, 0) is 17.8 Å². The van der Waals surface area contributed by atoms with Crippen molar-refractivity contribution >= 4 is 5.97 Å². The zero-order chi connectivity index (χ0) is 18.5. The molecule has 0 bridgehead atoms. The van der Waals surface area contributed by atoms with E-state index in [-0.39, 0.29) is 13.0 Å². The fourth-order valence-electron chi connectivity index (χ4n) is 2.49. The molecule has 3 aromatic rings. The molecule has 1 heterocycles. The Morgan fingerprint density at radius 1 is 1.15 bits per heavy atom. The van der Waals surface area contributed by atoms with Gasteiger partial charge in [-0.25, -0.2) is 4.98 Å². The van der Waals surface area contributed by atoms with E-state index in [0.29, 0.717) is 28.7 Å². The molecule has 1 aromatic heterocycles. The molecule has 134 valence electrons. The van der Waals surface area contributed by atoms with Gasteiger partial charge in [0.1, 0.15) is 29.6 Å². The van der Waals surface area contributed by atoms with Crippen LogP contribution in [0.5, 0.6) is 11.5 Å². The second kappa shape index (κ2) is 7.74. The highest BCUT2D eigenvalue weighted by atomic mass is 16.5. The molecule has 0 aliphatic heterocycles. The third-order valence-electron chi connectivity index (χ3n) is 3.86. The number of ether oxygens (including phenoxy) is 2. The Kier molecular flexibility index (Phi) is 5.22. The fraction of sp³-hybridized carbons (Fsp3) is 0.200. The normalized spacial score (nSPS) is 10.5. The van der Waals surface area contributed by atoms with Crippen LogP contribution in [0.15, 0.2) is 52.9 Å². The van der Waals surface area contributed by atoms with Crippen molar-refractivity contribution in [2.75, 3.05) is 7.11 Å². The molecule has 0 atom stereocenters. The molecule has 0 aliphatic rings. The number of rotatable bonds is 7. The summed E-state index contributed by atoms with van der Waals surface area (Å²) in [5, 5.41) is 8.87. The first kappa shape index (κ1) is 17.5. The van der Waals surface area contributed by atoms with Crippen LogP contribution in [0, 0.1) is 6.92 Å². The lowest BCUT2D eigenvalue weighted by Gasteiger charge is -2.06. The quantitative estimate of drug-likeness (QED) is 0.694. The number of carboxylic acid groups (broad SMARTS) is 1. The van der Waals surface area contributed by atoms with Gasteiger partial charge < -0.3 is 19.0 Å². The third kappa shape index (κ3) is 4.22. The molecule has 6 heteroatoms. The summed E-state index contributed by atoms with van der Waals surface area (Å²) < 4.78 is 16.6. The minimum atomic E-state index is -0.876. The van der Waals surface area contributed by atoms with Crippen molar-refractivity contribution in [1.29, 1.82) is 0 Å². The van der Waals surface area contributed by atoms with E-state index in [9.17, 15) is 4.79 Å². The van der Waals surface area contributed by atoms with E-state index in [1.54, 1.807) is 31.4 Å². The number of aryl methyl sites for hydroxylation is 1. The largest absolute Gasteiger partial charge is 0.497 e. The minimum absolute atomic E-state index is 0.0399. The summed E-state index contributed by atoms with van der Waals surface area (Å²) in [7, 11) is 1.62. The SMILES string of the molecule is COc1ccc(-c2nc(COc3cccc(CC(=O)O)c3)c(C)o2)cc1. The van der Waals surface area contributed by atoms with E-state index in [1.165, 1.54) is 0 Å². The van der Waals surface area contributed by atoms with Crippen LogP contribution in [0.3, 0.4) is 0 Å². The molecule has 0 radical (unpaired) electrons. The average molecular weight is 353 g/mol. The summed E-state index contributed by atoms with van der Waals surface area (Å²) in [6.07, 6.45) is -0.0399. The number of hydrogen-bond donors (Lipinski definition) is 1. The predicted octanol–water partition coefficient (Wildman–Crippen LogP) is 3.86. The summed E-state index contributed by atoms with van der Waals surface area (Å²) in [5.74, 6) is 1.68. The number of carbonyl (C=O) groups is 1. The zero-order valence-electron chi connectivity index (χ0n) is 14.6. The maximum absolute atomic E-state index is 10.8. The van der Waals surface area contributed by atoms with Gasteiger partial charge in [0, 0.05) is 5.56 Å². The third-order valence-corrected chi connectivity index (χ3v) is 3.86. The van der Waals surface area contributed by atoms with Crippen molar-refractivity contribution in [3.05, 3.63) is 65.5 Å². The maximum Gasteiger partial charge on any atom is 0.307 e. The lowest BCUT2D eigenvalue weighted by atomic mass is 10.1. The summed E-state index contributed by atoms with van der Waals surface area (Å²) in [6.45, 7) is 2.07. The standard InChI is InChI=1S/C20H19NO5/c1-13-18(12-25-17-5-3-4-14(10-17)11-19(22)23)21-20(26-13)15-6-8-16(24-2)9-7-15/h3-10H,11-12H2,1-2H3,(H,22,23). The lowest BCUT2D eigenvalue weighted by Crippen LogP contribution is -2.01. The van der Waals surface area contributed by atoms with Gasteiger partial charge in [-0.15, -0.1) is 0 Å². The van der Waals surface area contributed by atoms with E-state index in [1.807, 2.05) is 31.2 Å². The van der Waals surface area contributed by atoms with Crippen molar-refractivity contribution in [2.24, 2.45) is 0 Å². The highest BCUT2D eigenvalue weighted by molar-refractivity contribution is 5.70. The molecule has 3 rings (SSSR count). The first-order chi connectivity index (χ1) is 12.5. The maximum atomic E-state index is 10.8. The summed E-state index contributed by atoms with van der Waals surface area (Å²) >= 11 is 0. The fourth-order valence-corrected chi connectivity index (χ4v) is 2.49. The van der Waals surface area contributed by atoms with Crippen LogP contribution in [0.1, 0.15) is 17.0 Å². The molecular formula is C20H19NO5. The van der Waals surface area contributed by atoms with Crippen LogP contribution >= 0.6 is 0 Å². The number of aromatic nitrogens is 1. The molecular weight excluding hydrogens is 334 g/mol. The molecule has 0 fully saturated rings. The van der Waals surface area contributed by atoms with Crippen LogP contribution in [0.4, 0.5) is 0 Å². The molecule has 0 unspecified atom stereocenters. The van der Waals surface area contributed by atoms with E-state index in [4.69, 9.17) is 19.0 Å². The number of aliphatic carboxylic acids is 1. The number of oxazole rings is 1. The summed E-state index contributed by atoms with van der Waals surface area (Å²) in [6, 6.07) is 14.5. The molecule has 0 saturated heterocycles. The molecule has 2 aromatic carbocycles. The molecule has 0 saturated carbocycles. The van der Waals surface area contributed by atoms with E-state index >= 15 is 0 Å². The van der Waals surface area contributed by atoms with Crippen molar-refractivity contribution < 1.29 is 23.8 Å². The Bertz CT molecular complexity index is 899. The Hall–Kier alpha value is -3.28. The van der Waals surface area contributed by atoms with E-state index < -0.39 is 5.97 Å². The van der Waals surface area contributed by atoms with Gasteiger partial charge >= 0.3 is 5.97 Å². The number of hydrogen-bond acceptors (Lipinski definition) is 5. The van der Waals surface area contributed by atoms with E-state index in [0.717, 1.165) is 11.3 Å². The monoisotopic (exact) mass is 353 g/mol. The lowest BCUT2D eigenvalue weighted by molar-refractivity contribution is -0.136. The molecule has 6 nitrogen and oxygen atoms in total. The van der Waals surface area contributed by atoms with Gasteiger partial charge in [-0.2, -0.15) is 0 Å². The van der Waals surface area contributed by atoms with Crippen molar-refractivity contribution in [1.82, 2.24) is 4.98 Å². The molecule has 0 aliphatic carbocycles. The van der Waals surface area contributed by atoms with Gasteiger partial charge in [-0.3, -0.25) is 4.79 Å². The summed E-state index contributed by atoms with van der Waals surface area (Å²) in [5.41, 5.74) is 2.23. The smallest absolute Gasteiger partial charge is 0.307 e. The van der Waals surface area contributed by atoms with Crippen LogP contribution in [-0.4, -0.2) is 23.2 Å². The molecule has 26 heavy (non-hydrogen) atoms. The van der Waals surface area contributed by atoms with Crippen LogP contribution in [0.2, 0.25) is 0 Å². The van der Waals surface area contributed by atoms with Gasteiger partial charge in [0.15, 0.2) is 0 Å². The summed E-state index contributed by atoms with van der Waals surface area (Å²) in [4.78, 5) is 15.3. The Labute approximate surface area is 151 Å². The number of methoxy groups -OCH3 is 1. The Morgan fingerprint density at radius 3 is 2.62 bits per heavy atom. The first-order valence-corrected chi connectivity index (χ1v) is 8.09. The topological polar surface area (TPSA) is 81.8 Å². The highest BCUT2D eigenvalue weighted by Gasteiger charge is 2.12. The molecule has 0 amide bonds. The minimum Gasteiger partial charge on any atom is -0.497 e. The van der Waals surface area contributed by atoms with Gasteiger partial charge in [0.2, 0.25) is 5.89 Å². The van der Waals surface area contributed by atoms with Crippen LogP contribution < -0.4 is 9.47 Å². The van der Waals surface area contributed by atoms with Crippen molar-refractivity contribution in [3.63, 3.8) is 0 Å². The Morgan fingerprint density at radius 2 is 1.92 bits per heavy atom. The number of carboxylic acids is 1. The zero-order valence-corrected chi connectivity index (χ0v) is 14.6. The van der Waals surface area contributed by atoms with Crippen molar-refractivity contribution in [3.8, 4) is 23.0 Å². The second-order valence-electron chi connectivity index (χ2n) is 5.76. The van der Waals surface area contributed by atoms with Gasteiger partial charge in [0.05, 0.1) is 13.5 Å². The van der Waals surface area contributed by atoms with Gasteiger partial charge in [-0.1, -0.05) is 12.1 Å². The first-order valence-electron chi connectivity index (χ1n) is 8.09. The Balaban J connectivity index is 1.71. The molecule has 1 N–H and O–H groups in total. The van der Waals surface area contributed by atoms with Crippen molar-refractivity contribution in [2.45, 2.75) is 20.0 Å². The number of benzene rings is 2. The van der Waals surface area contributed by atoms with Gasteiger partial charge in [-0.05, 0) is 48.9 Å². The predicted molar refractivity (Wildman–Crippen MR) is 95.3 cm³/mol. The number of nitrogens with zero attached hydrogens (tertiary/aromatic N) is 1. The highest BCUT2D eigenvalue weighted by Crippen LogP contribution is 2.25. The average Bonchev–Trinajstić information content (AvgIpc) is 3.00. The van der Waals surface area contributed by atoms with Gasteiger partial charge in [0.25, 0.3) is 0 Å². The van der Waals surface area contributed by atoms with E-state index in [2.05, 4.69) is 4.98 Å². The van der Waals surface area contributed by atoms with Crippen LogP contribution in [0.25, 0.3) is 11.5 Å². The second-order valence-corrected chi connectivity index (χ2v) is 5.76. The molecule has 0 spiro atoms.